The molecule has 0 spiro atoms. The first kappa shape index (κ1) is 23.3. The number of hydrogen-bond acceptors (Lipinski definition) is 7. The smallest absolute Gasteiger partial charge is 0.234 e. The number of rotatable bonds is 9. The summed E-state index contributed by atoms with van der Waals surface area (Å²) in [5.74, 6) is 1.67. The Kier molecular flexibility index (Phi) is 8.09. The molecule has 0 aliphatic rings. The van der Waals surface area contributed by atoms with Crippen LogP contribution in [-0.4, -0.2) is 36.4 Å². The molecule has 0 saturated heterocycles. The maximum Gasteiger partial charge on any atom is 0.234 e. The number of nitrogens with zero attached hydrogens (tertiary/aromatic N) is 5. The highest BCUT2D eigenvalue weighted by molar-refractivity contribution is 7.99. The highest BCUT2D eigenvalue weighted by Gasteiger charge is 2.14. The summed E-state index contributed by atoms with van der Waals surface area (Å²) in [5, 5.41) is 13.1. The lowest BCUT2D eigenvalue weighted by molar-refractivity contribution is -0.113. The van der Waals surface area contributed by atoms with E-state index in [0.717, 1.165) is 52.0 Å². The number of nitrogens with one attached hydrogen (secondary N) is 1. The number of para-hydroxylation sites is 1. The lowest BCUT2D eigenvalue weighted by Crippen LogP contribution is -2.17. The third-order valence-corrected chi connectivity index (χ3v) is 6.68. The van der Waals surface area contributed by atoms with Gasteiger partial charge in [0.25, 0.3) is 0 Å². The molecular weight excluding hydrogens is 428 g/mol. The number of amides is 1. The van der Waals surface area contributed by atoms with Crippen LogP contribution in [-0.2, 0) is 30.4 Å². The van der Waals surface area contributed by atoms with E-state index >= 15 is 0 Å². The Balaban J connectivity index is 1.59. The minimum atomic E-state index is -0.0387. The molecule has 3 rings (SSSR count). The van der Waals surface area contributed by atoms with E-state index in [2.05, 4.69) is 51.5 Å². The lowest BCUT2D eigenvalue weighted by Gasteiger charge is -2.14. The number of hydrogen-bond donors (Lipinski definition) is 1. The van der Waals surface area contributed by atoms with Gasteiger partial charge >= 0.3 is 0 Å². The van der Waals surface area contributed by atoms with Crippen LogP contribution in [0.4, 0.5) is 5.69 Å². The van der Waals surface area contributed by atoms with E-state index in [1.54, 1.807) is 0 Å². The van der Waals surface area contributed by atoms with Crippen molar-refractivity contribution < 1.29 is 4.79 Å². The molecule has 2 aromatic heterocycles. The third-order valence-electron chi connectivity index (χ3n) is 4.81. The van der Waals surface area contributed by atoms with E-state index in [1.807, 2.05) is 37.6 Å². The van der Waals surface area contributed by atoms with Gasteiger partial charge in [0.05, 0.1) is 11.5 Å². The average Bonchev–Trinajstić information content (AvgIpc) is 3.09. The van der Waals surface area contributed by atoms with Crippen molar-refractivity contribution in [2.24, 2.45) is 7.05 Å². The number of carbonyl (C=O) groups is 1. The zero-order chi connectivity index (χ0) is 22.4. The zero-order valence-corrected chi connectivity index (χ0v) is 20.2. The molecule has 0 saturated carbocycles. The van der Waals surface area contributed by atoms with E-state index in [-0.39, 0.29) is 11.7 Å². The fraction of sp³-hybridized carbons (Fsp3) is 0.409. The molecule has 0 atom stereocenters. The summed E-state index contributed by atoms with van der Waals surface area (Å²) in [4.78, 5) is 21.5. The first-order valence-corrected chi connectivity index (χ1v) is 12.2. The van der Waals surface area contributed by atoms with E-state index < -0.39 is 0 Å². The Morgan fingerprint density at radius 1 is 1.03 bits per heavy atom. The van der Waals surface area contributed by atoms with Gasteiger partial charge in [-0.2, -0.15) is 0 Å². The van der Waals surface area contributed by atoms with Crippen molar-refractivity contribution in [1.29, 1.82) is 0 Å². The molecule has 0 fully saturated rings. The van der Waals surface area contributed by atoms with Crippen LogP contribution in [0.15, 0.2) is 34.6 Å². The fourth-order valence-corrected chi connectivity index (χ4v) is 4.85. The molecule has 1 N–H and O–H groups in total. The van der Waals surface area contributed by atoms with Crippen LogP contribution in [0, 0.1) is 13.8 Å². The van der Waals surface area contributed by atoms with Gasteiger partial charge in [-0.25, -0.2) is 9.97 Å². The Bertz CT molecular complexity index is 1020. The van der Waals surface area contributed by atoms with Gasteiger partial charge in [0.15, 0.2) is 10.3 Å². The van der Waals surface area contributed by atoms with E-state index in [9.17, 15) is 4.79 Å². The summed E-state index contributed by atoms with van der Waals surface area (Å²) in [6.07, 6.45) is 1.76. The van der Waals surface area contributed by atoms with E-state index in [0.29, 0.717) is 10.9 Å². The highest BCUT2D eigenvalue weighted by atomic mass is 32.2. The van der Waals surface area contributed by atoms with Crippen molar-refractivity contribution in [1.82, 2.24) is 24.7 Å². The number of aryl methyl sites for hydroxylation is 4. The molecule has 9 heteroatoms. The molecule has 3 aromatic rings. The van der Waals surface area contributed by atoms with Crippen LogP contribution >= 0.6 is 23.5 Å². The quantitative estimate of drug-likeness (QED) is 0.378. The van der Waals surface area contributed by atoms with Crippen LogP contribution in [0.3, 0.4) is 0 Å². The average molecular weight is 457 g/mol. The highest BCUT2D eigenvalue weighted by Crippen LogP contribution is 2.25. The zero-order valence-electron chi connectivity index (χ0n) is 18.6. The SMILES string of the molecule is CCc1cccc(CC)c1NC(=O)CSc1nnc(CSc2nc(C)cc(C)n2)n1C. The van der Waals surface area contributed by atoms with Crippen molar-refractivity contribution >= 4 is 35.1 Å². The number of benzene rings is 1. The normalized spacial score (nSPS) is 11.0. The number of aromatic nitrogens is 5. The summed E-state index contributed by atoms with van der Waals surface area (Å²) < 4.78 is 1.92. The van der Waals surface area contributed by atoms with Gasteiger partial charge < -0.3 is 9.88 Å². The van der Waals surface area contributed by atoms with Crippen molar-refractivity contribution in [3.05, 3.63) is 52.6 Å². The third kappa shape index (κ3) is 6.07. The van der Waals surface area contributed by atoms with Crippen LogP contribution in [0.2, 0.25) is 0 Å². The minimum absolute atomic E-state index is 0.0387. The predicted octanol–water partition coefficient (Wildman–Crippen LogP) is 4.37. The Morgan fingerprint density at radius 2 is 1.68 bits per heavy atom. The maximum absolute atomic E-state index is 12.6. The minimum Gasteiger partial charge on any atom is -0.325 e. The van der Waals surface area contributed by atoms with Crippen molar-refractivity contribution in [2.75, 3.05) is 11.1 Å². The molecular formula is C22H28N6OS2. The predicted molar refractivity (Wildman–Crippen MR) is 127 cm³/mol. The molecule has 0 radical (unpaired) electrons. The van der Waals surface area contributed by atoms with Crippen LogP contribution in [0.1, 0.15) is 42.2 Å². The summed E-state index contributed by atoms with van der Waals surface area (Å²) in [5.41, 5.74) is 5.16. The Hall–Kier alpha value is -2.39. The number of carbonyl (C=O) groups excluding carboxylic acids is 1. The van der Waals surface area contributed by atoms with Gasteiger partial charge in [0.1, 0.15) is 5.82 Å². The number of thioether (sulfide) groups is 2. The Labute approximate surface area is 191 Å². The molecule has 7 nitrogen and oxygen atoms in total. The van der Waals surface area contributed by atoms with Crippen molar-refractivity contribution in [3.8, 4) is 0 Å². The lowest BCUT2D eigenvalue weighted by atomic mass is 10.0. The standard InChI is InChI=1S/C22H28N6OS2/c1-6-16-9-8-10-17(7-2)20(16)25-19(29)13-31-22-27-26-18(28(22)5)12-30-21-23-14(3)11-15(4)24-21/h8-11H,6-7,12-13H2,1-5H3,(H,25,29). The van der Waals surface area contributed by atoms with Gasteiger partial charge in [-0.1, -0.05) is 55.6 Å². The maximum atomic E-state index is 12.6. The van der Waals surface area contributed by atoms with Crippen molar-refractivity contribution in [2.45, 2.75) is 56.6 Å². The van der Waals surface area contributed by atoms with E-state index in [1.165, 1.54) is 23.5 Å². The molecule has 0 aliphatic heterocycles. The largest absolute Gasteiger partial charge is 0.325 e. The van der Waals surface area contributed by atoms with Crippen LogP contribution < -0.4 is 5.32 Å². The van der Waals surface area contributed by atoms with Gasteiger partial charge in [0.2, 0.25) is 5.91 Å². The second-order valence-electron chi connectivity index (χ2n) is 7.17. The molecule has 1 amide bonds. The molecule has 0 unspecified atom stereocenters. The molecule has 1 aromatic carbocycles. The summed E-state index contributed by atoms with van der Waals surface area (Å²) in [7, 11) is 1.92. The first-order valence-electron chi connectivity index (χ1n) is 10.3. The van der Waals surface area contributed by atoms with Gasteiger partial charge in [0, 0.05) is 24.1 Å². The molecule has 0 bridgehead atoms. The second kappa shape index (κ2) is 10.8. The van der Waals surface area contributed by atoms with Crippen LogP contribution in [0.5, 0.6) is 0 Å². The van der Waals surface area contributed by atoms with Crippen LogP contribution in [0.25, 0.3) is 0 Å². The van der Waals surface area contributed by atoms with Gasteiger partial charge in [-0.3, -0.25) is 4.79 Å². The first-order chi connectivity index (χ1) is 14.9. The summed E-state index contributed by atoms with van der Waals surface area (Å²) >= 11 is 2.92. The Morgan fingerprint density at radius 3 is 2.29 bits per heavy atom. The van der Waals surface area contributed by atoms with E-state index in [4.69, 9.17) is 0 Å². The second-order valence-corrected chi connectivity index (χ2v) is 9.06. The summed E-state index contributed by atoms with van der Waals surface area (Å²) in [6, 6.07) is 8.13. The molecule has 164 valence electrons. The monoisotopic (exact) mass is 456 g/mol. The number of anilines is 1. The summed E-state index contributed by atoms with van der Waals surface area (Å²) in [6.45, 7) is 8.12. The van der Waals surface area contributed by atoms with Crippen molar-refractivity contribution in [3.63, 3.8) is 0 Å². The molecule has 2 heterocycles. The topological polar surface area (TPSA) is 85.6 Å². The van der Waals surface area contributed by atoms with Gasteiger partial charge in [-0.15, -0.1) is 10.2 Å². The molecule has 31 heavy (non-hydrogen) atoms. The molecule has 0 aliphatic carbocycles. The van der Waals surface area contributed by atoms with Gasteiger partial charge in [-0.05, 0) is 43.9 Å². The fourth-order valence-electron chi connectivity index (χ4n) is 3.19.